The highest BCUT2D eigenvalue weighted by Crippen LogP contribution is 2.18. The zero-order chi connectivity index (χ0) is 18.7. The molecule has 0 heterocycles. The zero-order valence-electron chi connectivity index (χ0n) is 16.5. The molecule has 0 amide bonds. The van der Waals surface area contributed by atoms with Gasteiger partial charge in [-0.25, -0.2) is 0 Å². The van der Waals surface area contributed by atoms with Crippen LogP contribution >= 0.6 is 0 Å². The molecule has 140 valence electrons. The molecule has 3 aromatic rings. The molecule has 0 N–H and O–H groups in total. The maximum absolute atomic E-state index is 2.53. The van der Waals surface area contributed by atoms with Gasteiger partial charge >= 0.3 is 0 Å². The van der Waals surface area contributed by atoms with Gasteiger partial charge in [0.25, 0.3) is 0 Å². The maximum atomic E-state index is 2.53. The van der Waals surface area contributed by atoms with E-state index in [9.17, 15) is 0 Å². The van der Waals surface area contributed by atoms with Gasteiger partial charge in [-0.1, -0.05) is 86.1 Å². The fourth-order valence-electron chi connectivity index (χ4n) is 3.44. The van der Waals surface area contributed by atoms with Crippen molar-refractivity contribution < 1.29 is 0 Å². The Labute approximate surface area is 164 Å². The Morgan fingerprint density at radius 2 is 1.04 bits per heavy atom. The van der Waals surface area contributed by atoms with Gasteiger partial charge in [0.15, 0.2) is 0 Å². The largest absolute Gasteiger partial charge is 0.371 e. The summed E-state index contributed by atoms with van der Waals surface area (Å²) >= 11 is 0. The minimum atomic E-state index is 1.05. The Balaban J connectivity index is 1.67. The van der Waals surface area contributed by atoms with E-state index in [0.717, 1.165) is 25.9 Å². The number of rotatable bonds is 10. The fraction of sp³-hybridized carbons (Fsp3) is 0.308. The summed E-state index contributed by atoms with van der Waals surface area (Å²) in [7, 11) is 0. The zero-order valence-corrected chi connectivity index (χ0v) is 16.5. The first-order valence-corrected chi connectivity index (χ1v) is 10.3. The van der Waals surface area contributed by atoms with Crippen molar-refractivity contribution in [3.63, 3.8) is 0 Å². The summed E-state index contributed by atoms with van der Waals surface area (Å²) < 4.78 is 0. The van der Waals surface area contributed by atoms with Crippen LogP contribution in [0.4, 0.5) is 5.69 Å². The fourth-order valence-corrected chi connectivity index (χ4v) is 3.44. The van der Waals surface area contributed by atoms with Crippen molar-refractivity contribution in [2.45, 2.75) is 39.0 Å². The average Bonchev–Trinajstić information content (AvgIpc) is 2.74. The highest BCUT2D eigenvalue weighted by molar-refractivity contribution is 5.48. The molecule has 0 atom stereocenters. The molecule has 0 bridgehead atoms. The van der Waals surface area contributed by atoms with Crippen LogP contribution in [0.15, 0.2) is 84.9 Å². The standard InChI is InChI=1S/C26H31N/c1-2-3-10-25-15-17-26(18-16-25)27(21-19-23-11-6-4-7-12-23)22-20-24-13-8-5-9-14-24/h4-9,11-18H,2-3,10,19-22H2,1H3. The molecule has 0 fully saturated rings. The predicted molar refractivity (Wildman–Crippen MR) is 118 cm³/mol. The van der Waals surface area contributed by atoms with Gasteiger partial charge in [0, 0.05) is 18.8 Å². The molecule has 3 aromatic carbocycles. The number of unbranched alkanes of at least 4 members (excludes halogenated alkanes) is 1. The van der Waals surface area contributed by atoms with Crippen LogP contribution in [0.1, 0.15) is 36.5 Å². The van der Waals surface area contributed by atoms with Crippen molar-refractivity contribution >= 4 is 5.69 Å². The lowest BCUT2D eigenvalue weighted by molar-refractivity contribution is 0.767. The minimum Gasteiger partial charge on any atom is -0.371 e. The third kappa shape index (κ3) is 6.29. The molecule has 0 radical (unpaired) electrons. The number of hydrogen-bond acceptors (Lipinski definition) is 1. The summed E-state index contributed by atoms with van der Waals surface area (Å²) in [4.78, 5) is 2.53. The second-order valence-electron chi connectivity index (χ2n) is 7.23. The average molecular weight is 358 g/mol. The number of nitrogens with zero attached hydrogens (tertiary/aromatic N) is 1. The molecular formula is C26H31N. The van der Waals surface area contributed by atoms with Crippen LogP contribution in [0.2, 0.25) is 0 Å². The van der Waals surface area contributed by atoms with E-state index in [1.54, 1.807) is 0 Å². The smallest absolute Gasteiger partial charge is 0.0366 e. The van der Waals surface area contributed by atoms with Crippen molar-refractivity contribution in [1.29, 1.82) is 0 Å². The van der Waals surface area contributed by atoms with Gasteiger partial charge in [0.1, 0.15) is 0 Å². The van der Waals surface area contributed by atoms with Crippen molar-refractivity contribution in [2.24, 2.45) is 0 Å². The van der Waals surface area contributed by atoms with Gasteiger partial charge in [0.2, 0.25) is 0 Å². The molecule has 0 saturated carbocycles. The third-order valence-corrected chi connectivity index (χ3v) is 5.15. The second kappa shape index (κ2) is 10.6. The Bertz CT molecular complexity index is 719. The van der Waals surface area contributed by atoms with Gasteiger partial charge in [-0.15, -0.1) is 0 Å². The quantitative estimate of drug-likeness (QED) is 0.410. The molecule has 0 aliphatic rings. The van der Waals surface area contributed by atoms with Gasteiger partial charge in [-0.2, -0.15) is 0 Å². The van der Waals surface area contributed by atoms with E-state index in [0.29, 0.717) is 0 Å². The summed E-state index contributed by atoms with van der Waals surface area (Å²) in [6, 6.07) is 30.8. The van der Waals surface area contributed by atoms with Crippen molar-refractivity contribution in [3.05, 3.63) is 102 Å². The van der Waals surface area contributed by atoms with Gasteiger partial charge in [0.05, 0.1) is 0 Å². The Kier molecular flexibility index (Phi) is 7.53. The predicted octanol–water partition coefficient (Wildman–Crippen LogP) is 6.32. The second-order valence-corrected chi connectivity index (χ2v) is 7.23. The lowest BCUT2D eigenvalue weighted by Crippen LogP contribution is -2.28. The lowest BCUT2D eigenvalue weighted by atomic mass is 10.1. The normalized spacial score (nSPS) is 10.7. The van der Waals surface area contributed by atoms with Crippen molar-refractivity contribution in [3.8, 4) is 0 Å². The van der Waals surface area contributed by atoms with E-state index in [4.69, 9.17) is 0 Å². The molecule has 0 spiro atoms. The first-order valence-electron chi connectivity index (χ1n) is 10.3. The summed E-state index contributed by atoms with van der Waals surface area (Å²) in [5.41, 5.74) is 5.59. The summed E-state index contributed by atoms with van der Waals surface area (Å²) in [5.74, 6) is 0. The summed E-state index contributed by atoms with van der Waals surface area (Å²) in [5, 5.41) is 0. The molecular weight excluding hydrogens is 326 g/mol. The first-order chi connectivity index (χ1) is 13.3. The SMILES string of the molecule is CCCCc1ccc(N(CCc2ccccc2)CCc2ccccc2)cc1. The van der Waals surface area contributed by atoms with E-state index in [2.05, 4.69) is 96.8 Å². The minimum absolute atomic E-state index is 1.05. The maximum Gasteiger partial charge on any atom is 0.0366 e. The van der Waals surface area contributed by atoms with Crippen molar-refractivity contribution in [2.75, 3.05) is 18.0 Å². The van der Waals surface area contributed by atoms with Crippen LogP contribution in [0.5, 0.6) is 0 Å². The van der Waals surface area contributed by atoms with Crippen LogP contribution < -0.4 is 4.90 Å². The van der Waals surface area contributed by atoms with E-state index >= 15 is 0 Å². The van der Waals surface area contributed by atoms with Crippen LogP contribution in [0.3, 0.4) is 0 Å². The molecule has 0 aliphatic carbocycles. The third-order valence-electron chi connectivity index (χ3n) is 5.15. The van der Waals surface area contributed by atoms with E-state index in [1.165, 1.54) is 41.6 Å². The van der Waals surface area contributed by atoms with E-state index in [1.807, 2.05) is 0 Å². The molecule has 1 heteroatoms. The molecule has 0 unspecified atom stereocenters. The Hall–Kier alpha value is -2.54. The monoisotopic (exact) mass is 357 g/mol. The van der Waals surface area contributed by atoms with Crippen LogP contribution in [-0.4, -0.2) is 13.1 Å². The summed E-state index contributed by atoms with van der Waals surface area (Å²) in [6.07, 6.45) is 5.86. The number of aryl methyl sites for hydroxylation is 1. The molecule has 0 aliphatic heterocycles. The van der Waals surface area contributed by atoms with E-state index in [-0.39, 0.29) is 0 Å². The van der Waals surface area contributed by atoms with Crippen LogP contribution in [-0.2, 0) is 19.3 Å². The molecule has 0 saturated heterocycles. The highest BCUT2D eigenvalue weighted by Gasteiger charge is 2.08. The van der Waals surface area contributed by atoms with Crippen LogP contribution in [0, 0.1) is 0 Å². The molecule has 1 nitrogen and oxygen atoms in total. The Morgan fingerprint density at radius 3 is 1.52 bits per heavy atom. The number of anilines is 1. The van der Waals surface area contributed by atoms with E-state index < -0.39 is 0 Å². The number of benzene rings is 3. The molecule has 3 rings (SSSR count). The summed E-state index contributed by atoms with van der Waals surface area (Å²) in [6.45, 7) is 4.35. The molecule has 0 aromatic heterocycles. The highest BCUT2D eigenvalue weighted by atomic mass is 15.1. The molecule has 27 heavy (non-hydrogen) atoms. The van der Waals surface area contributed by atoms with Crippen molar-refractivity contribution in [1.82, 2.24) is 0 Å². The Morgan fingerprint density at radius 1 is 0.556 bits per heavy atom. The van der Waals surface area contributed by atoms with Gasteiger partial charge in [-0.3, -0.25) is 0 Å². The first kappa shape index (κ1) is 19.2. The number of hydrogen-bond donors (Lipinski definition) is 0. The van der Waals surface area contributed by atoms with Gasteiger partial charge < -0.3 is 4.90 Å². The van der Waals surface area contributed by atoms with Gasteiger partial charge in [-0.05, 0) is 54.5 Å². The topological polar surface area (TPSA) is 3.24 Å². The van der Waals surface area contributed by atoms with Crippen LogP contribution in [0.25, 0.3) is 0 Å². The lowest BCUT2D eigenvalue weighted by Gasteiger charge is -2.25.